The predicted molar refractivity (Wildman–Crippen MR) is 72.5 cm³/mol. The minimum atomic E-state index is -3.23. The number of sulfone groups is 1. The minimum absolute atomic E-state index is 0.385. The number of methoxy groups -OCH3 is 1. The number of nitrogens with one attached hydrogen (secondary N) is 1. The van der Waals surface area contributed by atoms with Gasteiger partial charge in [-0.1, -0.05) is 18.2 Å². The second-order valence-corrected chi connectivity index (χ2v) is 6.59. The fourth-order valence-corrected chi connectivity index (χ4v) is 2.94. The van der Waals surface area contributed by atoms with Crippen molar-refractivity contribution in [3.05, 3.63) is 30.3 Å². The largest absolute Gasteiger partial charge is 0.385 e. The topological polar surface area (TPSA) is 55.4 Å². The zero-order valence-corrected chi connectivity index (χ0v) is 11.7. The van der Waals surface area contributed by atoms with E-state index in [-0.39, 0.29) is 0 Å². The second kappa shape index (κ2) is 7.51. The van der Waals surface area contributed by atoms with Gasteiger partial charge in [-0.15, -0.1) is 0 Å². The number of benzene rings is 1. The molecule has 0 fully saturated rings. The molecule has 0 saturated carbocycles. The Bertz CT molecular complexity index is 431. The molecule has 5 heteroatoms. The molecule has 0 saturated heterocycles. The molecular formula is C13H21NO3S. The van der Waals surface area contributed by atoms with Crippen molar-refractivity contribution in [1.82, 2.24) is 5.32 Å². The lowest BCUT2D eigenvalue weighted by Crippen LogP contribution is -2.32. The lowest BCUT2D eigenvalue weighted by atomic mass is 10.4. The molecule has 1 atom stereocenters. The van der Waals surface area contributed by atoms with Gasteiger partial charge < -0.3 is 10.1 Å². The fraction of sp³-hybridized carbons (Fsp3) is 0.538. The number of ether oxygens (including phenoxy) is 1. The van der Waals surface area contributed by atoms with Crippen molar-refractivity contribution < 1.29 is 13.2 Å². The van der Waals surface area contributed by atoms with E-state index in [1.165, 1.54) is 0 Å². The number of rotatable bonds is 8. The molecule has 0 amide bonds. The third kappa shape index (κ3) is 4.40. The predicted octanol–water partition coefficient (Wildman–Crippen LogP) is 1.47. The molecule has 0 aliphatic heterocycles. The molecule has 1 aromatic rings. The first kappa shape index (κ1) is 15.1. The molecule has 0 heterocycles. The monoisotopic (exact) mass is 271 g/mol. The standard InChI is InChI=1S/C13H21NO3S/c1-12(11-14-9-6-10-17-2)18(15,16)13-7-4-3-5-8-13/h3-5,7-8,12,14H,6,9-11H2,1-2H3. The maximum atomic E-state index is 12.2. The third-order valence-electron chi connectivity index (χ3n) is 2.74. The van der Waals surface area contributed by atoms with Crippen LogP contribution in [0, 0.1) is 0 Å². The molecule has 1 unspecified atom stereocenters. The van der Waals surface area contributed by atoms with Gasteiger partial charge in [0, 0.05) is 20.3 Å². The Labute approximate surface area is 109 Å². The van der Waals surface area contributed by atoms with Gasteiger partial charge in [0.1, 0.15) is 0 Å². The van der Waals surface area contributed by atoms with Gasteiger partial charge in [-0.05, 0) is 32.0 Å². The Kier molecular flexibility index (Phi) is 6.32. The molecule has 0 aromatic heterocycles. The summed E-state index contributed by atoms with van der Waals surface area (Å²) in [5.74, 6) is 0. The summed E-state index contributed by atoms with van der Waals surface area (Å²) in [4.78, 5) is 0.385. The summed E-state index contributed by atoms with van der Waals surface area (Å²) in [7, 11) is -1.57. The van der Waals surface area contributed by atoms with Crippen LogP contribution in [0.4, 0.5) is 0 Å². The molecular weight excluding hydrogens is 250 g/mol. The van der Waals surface area contributed by atoms with Gasteiger partial charge in [-0.25, -0.2) is 8.42 Å². The summed E-state index contributed by atoms with van der Waals surface area (Å²) in [6.45, 7) is 3.64. The van der Waals surface area contributed by atoms with Crippen LogP contribution >= 0.6 is 0 Å². The lowest BCUT2D eigenvalue weighted by Gasteiger charge is -2.13. The van der Waals surface area contributed by atoms with Gasteiger partial charge in [0.15, 0.2) is 9.84 Å². The van der Waals surface area contributed by atoms with E-state index < -0.39 is 15.1 Å². The van der Waals surface area contributed by atoms with Gasteiger partial charge in [0.2, 0.25) is 0 Å². The van der Waals surface area contributed by atoms with Crippen LogP contribution in [0.25, 0.3) is 0 Å². The van der Waals surface area contributed by atoms with Crippen molar-refractivity contribution in [2.24, 2.45) is 0 Å². The maximum absolute atomic E-state index is 12.2. The van der Waals surface area contributed by atoms with Gasteiger partial charge in [-0.2, -0.15) is 0 Å². The molecule has 18 heavy (non-hydrogen) atoms. The molecule has 1 N–H and O–H groups in total. The normalized spacial score (nSPS) is 13.4. The summed E-state index contributed by atoms with van der Waals surface area (Å²) >= 11 is 0. The molecule has 0 bridgehead atoms. The van der Waals surface area contributed by atoms with E-state index >= 15 is 0 Å². The minimum Gasteiger partial charge on any atom is -0.385 e. The molecule has 0 radical (unpaired) electrons. The highest BCUT2D eigenvalue weighted by molar-refractivity contribution is 7.92. The van der Waals surface area contributed by atoms with Crippen molar-refractivity contribution in [2.45, 2.75) is 23.5 Å². The van der Waals surface area contributed by atoms with Crippen LogP contribution < -0.4 is 5.32 Å². The lowest BCUT2D eigenvalue weighted by molar-refractivity contribution is 0.194. The SMILES string of the molecule is COCCCNCC(C)S(=O)(=O)c1ccccc1. The average Bonchev–Trinajstić information content (AvgIpc) is 2.39. The fourth-order valence-electron chi connectivity index (χ4n) is 1.60. The Morgan fingerprint density at radius 2 is 1.94 bits per heavy atom. The molecule has 0 spiro atoms. The van der Waals surface area contributed by atoms with Crippen molar-refractivity contribution >= 4 is 9.84 Å². The summed E-state index contributed by atoms with van der Waals surface area (Å²) < 4.78 is 29.3. The van der Waals surface area contributed by atoms with Crippen LogP contribution in [0.3, 0.4) is 0 Å². The summed E-state index contributed by atoms with van der Waals surface area (Å²) in [6, 6.07) is 8.57. The Balaban J connectivity index is 2.48. The average molecular weight is 271 g/mol. The van der Waals surface area contributed by atoms with Gasteiger partial charge >= 0.3 is 0 Å². The van der Waals surface area contributed by atoms with Gasteiger partial charge in [-0.3, -0.25) is 0 Å². The van der Waals surface area contributed by atoms with E-state index in [0.717, 1.165) is 13.0 Å². The van der Waals surface area contributed by atoms with E-state index in [9.17, 15) is 8.42 Å². The van der Waals surface area contributed by atoms with Crippen LogP contribution in [-0.2, 0) is 14.6 Å². The van der Waals surface area contributed by atoms with Gasteiger partial charge in [0.25, 0.3) is 0 Å². The van der Waals surface area contributed by atoms with Crippen LogP contribution in [-0.4, -0.2) is 40.5 Å². The highest BCUT2D eigenvalue weighted by atomic mass is 32.2. The third-order valence-corrected chi connectivity index (χ3v) is 4.89. The Hall–Kier alpha value is -0.910. The van der Waals surface area contributed by atoms with Gasteiger partial charge in [0.05, 0.1) is 10.1 Å². The van der Waals surface area contributed by atoms with Crippen LogP contribution in [0.5, 0.6) is 0 Å². The zero-order chi connectivity index (χ0) is 13.4. The quantitative estimate of drug-likeness (QED) is 0.728. The highest BCUT2D eigenvalue weighted by Crippen LogP contribution is 2.14. The number of hydrogen-bond donors (Lipinski definition) is 1. The first-order chi connectivity index (χ1) is 8.59. The molecule has 0 aliphatic carbocycles. The Morgan fingerprint density at radius 3 is 2.56 bits per heavy atom. The summed E-state index contributed by atoms with van der Waals surface area (Å²) in [6.07, 6.45) is 0.884. The summed E-state index contributed by atoms with van der Waals surface area (Å²) in [5, 5.41) is 2.71. The van der Waals surface area contributed by atoms with Crippen LogP contribution in [0.1, 0.15) is 13.3 Å². The van der Waals surface area contributed by atoms with E-state index in [2.05, 4.69) is 5.32 Å². The first-order valence-electron chi connectivity index (χ1n) is 6.07. The first-order valence-corrected chi connectivity index (χ1v) is 7.62. The van der Waals surface area contributed by atoms with Crippen LogP contribution in [0.15, 0.2) is 35.2 Å². The zero-order valence-electron chi connectivity index (χ0n) is 10.9. The van der Waals surface area contributed by atoms with Crippen LogP contribution in [0.2, 0.25) is 0 Å². The smallest absolute Gasteiger partial charge is 0.182 e. The molecule has 0 aliphatic rings. The van der Waals surface area contributed by atoms with E-state index in [4.69, 9.17) is 4.74 Å². The highest BCUT2D eigenvalue weighted by Gasteiger charge is 2.22. The van der Waals surface area contributed by atoms with Crippen molar-refractivity contribution in [1.29, 1.82) is 0 Å². The molecule has 1 rings (SSSR count). The Morgan fingerprint density at radius 1 is 1.28 bits per heavy atom. The van der Waals surface area contributed by atoms with E-state index in [1.54, 1.807) is 38.3 Å². The van der Waals surface area contributed by atoms with Crippen molar-refractivity contribution in [3.63, 3.8) is 0 Å². The van der Waals surface area contributed by atoms with E-state index in [1.807, 2.05) is 6.07 Å². The second-order valence-electron chi connectivity index (χ2n) is 4.22. The van der Waals surface area contributed by atoms with Crippen molar-refractivity contribution in [3.8, 4) is 0 Å². The maximum Gasteiger partial charge on any atom is 0.182 e. The van der Waals surface area contributed by atoms with Crippen molar-refractivity contribution in [2.75, 3.05) is 26.8 Å². The summed E-state index contributed by atoms with van der Waals surface area (Å²) in [5.41, 5.74) is 0. The molecule has 4 nitrogen and oxygen atoms in total. The van der Waals surface area contributed by atoms with E-state index in [0.29, 0.717) is 18.0 Å². The molecule has 102 valence electrons. The number of hydrogen-bond acceptors (Lipinski definition) is 4. The molecule has 1 aromatic carbocycles.